The summed E-state index contributed by atoms with van der Waals surface area (Å²) in [6, 6.07) is 0.225. The van der Waals surface area contributed by atoms with Gasteiger partial charge in [-0.3, -0.25) is 4.79 Å². The van der Waals surface area contributed by atoms with Gasteiger partial charge >= 0.3 is 0 Å². The fraction of sp³-hybridized carbons (Fsp3) is 0.800. The highest BCUT2D eigenvalue weighted by atomic mass is 32.1. The van der Waals surface area contributed by atoms with Gasteiger partial charge in [-0.25, -0.2) is 0 Å². The molecule has 82 valence electrons. The fourth-order valence-electron chi connectivity index (χ4n) is 1.26. The van der Waals surface area contributed by atoms with Crippen LogP contribution in [0.25, 0.3) is 0 Å². The third-order valence-corrected chi connectivity index (χ3v) is 2.13. The number of hydrogen-bond donors (Lipinski definition) is 2. The molecule has 0 radical (unpaired) electrons. The number of unbranched alkanes of at least 4 members (excludes halogenated alkanes) is 2. The van der Waals surface area contributed by atoms with Crippen LogP contribution in [0.3, 0.4) is 0 Å². The van der Waals surface area contributed by atoms with Crippen LogP contribution in [0.2, 0.25) is 0 Å². The lowest BCUT2D eigenvalue weighted by atomic mass is 10.1. The number of hydrogen-bond acceptors (Lipinski definition) is 2. The van der Waals surface area contributed by atoms with Crippen molar-refractivity contribution in [3.05, 3.63) is 0 Å². The van der Waals surface area contributed by atoms with Gasteiger partial charge in [0.05, 0.1) is 11.4 Å². The van der Waals surface area contributed by atoms with E-state index in [1.54, 1.807) is 0 Å². The average molecular weight is 216 g/mol. The molecule has 3 N–H and O–H groups in total. The Morgan fingerprint density at radius 3 is 2.64 bits per heavy atom. The second-order valence-electron chi connectivity index (χ2n) is 3.61. The van der Waals surface area contributed by atoms with Gasteiger partial charge in [-0.1, -0.05) is 38.4 Å². The van der Waals surface area contributed by atoms with E-state index >= 15 is 0 Å². The van der Waals surface area contributed by atoms with Gasteiger partial charge in [0.2, 0.25) is 5.91 Å². The number of nitrogens with two attached hydrogens (primary N) is 1. The van der Waals surface area contributed by atoms with Gasteiger partial charge in [0.25, 0.3) is 0 Å². The minimum absolute atomic E-state index is 0.0681. The maximum atomic E-state index is 11.2. The molecule has 0 aliphatic carbocycles. The molecule has 4 heteroatoms. The highest BCUT2D eigenvalue weighted by Gasteiger charge is 2.07. The normalized spacial score (nSPS) is 12.1. The molecule has 0 bridgehead atoms. The van der Waals surface area contributed by atoms with Gasteiger partial charge in [-0.2, -0.15) is 0 Å². The molecule has 1 amide bonds. The van der Waals surface area contributed by atoms with Crippen molar-refractivity contribution in [3.63, 3.8) is 0 Å². The van der Waals surface area contributed by atoms with E-state index in [-0.39, 0.29) is 23.4 Å². The van der Waals surface area contributed by atoms with Gasteiger partial charge < -0.3 is 11.1 Å². The maximum Gasteiger partial charge on any atom is 0.227 e. The van der Waals surface area contributed by atoms with E-state index < -0.39 is 0 Å². The number of carbonyl (C=O) groups excluding carboxylic acids is 1. The van der Waals surface area contributed by atoms with Crippen LogP contribution in [-0.4, -0.2) is 16.9 Å². The predicted octanol–water partition coefficient (Wildman–Crippen LogP) is 1.75. The summed E-state index contributed by atoms with van der Waals surface area (Å²) in [4.78, 5) is 11.5. The number of thiocarbonyl (C=S) groups is 1. The lowest BCUT2D eigenvalue weighted by Gasteiger charge is -2.12. The quantitative estimate of drug-likeness (QED) is 0.503. The largest absolute Gasteiger partial charge is 0.393 e. The molecule has 0 aromatic rings. The van der Waals surface area contributed by atoms with Crippen molar-refractivity contribution in [1.82, 2.24) is 5.32 Å². The van der Waals surface area contributed by atoms with E-state index in [0.717, 1.165) is 12.8 Å². The van der Waals surface area contributed by atoms with Gasteiger partial charge in [0.1, 0.15) is 0 Å². The summed E-state index contributed by atoms with van der Waals surface area (Å²) in [6.45, 7) is 4.17. The van der Waals surface area contributed by atoms with Crippen LogP contribution < -0.4 is 11.1 Å². The molecule has 0 heterocycles. The first-order valence-corrected chi connectivity index (χ1v) is 5.54. The van der Waals surface area contributed by atoms with E-state index in [9.17, 15) is 4.79 Å². The molecule has 0 aromatic carbocycles. The molecule has 0 aliphatic heterocycles. The molecule has 0 rings (SSSR count). The van der Waals surface area contributed by atoms with Crippen LogP contribution in [0, 0.1) is 0 Å². The average Bonchev–Trinajstić information content (AvgIpc) is 2.02. The standard InChI is InChI=1S/C10H20N2OS/c1-3-4-5-6-8(2)12-10(13)7-9(11)14/h8H,3-7H2,1-2H3,(H2,11,14)(H,12,13). The zero-order chi connectivity index (χ0) is 11.0. The zero-order valence-corrected chi connectivity index (χ0v) is 9.82. The van der Waals surface area contributed by atoms with Crippen molar-refractivity contribution in [2.45, 2.75) is 52.0 Å². The van der Waals surface area contributed by atoms with Crippen molar-refractivity contribution in [2.75, 3.05) is 0 Å². The second-order valence-corrected chi connectivity index (χ2v) is 4.13. The molecular formula is C10H20N2OS. The van der Waals surface area contributed by atoms with Gasteiger partial charge in [-0.15, -0.1) is 0 Å². The van der Waals surface area contributed by atoms with Crippen molar-refractivity contribution in [3.8, 4) is 0 Å². The van der Waals surface area contributed by atoms with Crippen molar-refractivity contribution >= 4 is 23.1 Å². The Balaban J connectivity index is 3.55. The summed E-state index contributed by atoms with van der Waals surface area (Å²) in [6.07, 6.45) is 4.76. The summed E-state index contributed by atoms with van der Waals surface area (Å²) in [5, 5.41) is 2.86. The Morgan fingerprint density at radius 1 is 1.50 bits per heavy atom. The predicted molar refractivity (Wildman–Crippen MR) is 63.1 cm³/mol. The number of amides is 1. The molecular weight excluding hydrogens is 196 g/mol. The third kappa shape index (κ3) is 7.98. The van der Waals surface area contributed by atoms with Gasteiger partial charge in [-0.05, 0) is 13.3 Å². The Labute approximate surface area is 91.4 Å². The summed E-state index contributed by atoms with van der Waals surface area (Å²) in [5.41, 5.74) is 5.26. The van der Waals surface area contributed by atoms with Crippen LogP contribution in [0.1, 0.15) is 46.0 Å². The zero-order valence-electron chi connectivity index (χ0n) is 9.01. The van der Waals surface area contributed by atoms with Crippen molar-refractivity contribution in [2.24, 2.45) is 5.73 Å². The Kier molecular flexibility index (Phi) is 7.38. The van der Waals surface area contributed by atoms with Crippen molar-refractivity contribution < 1.29 is 4.79 Å². The smallest absolute Gasteiger partial charge is 0.227 e. The first-order valence-electron chi connectivity index (χ1n) is 5.14. The minimum atomic E-state index is -0.0681. The van der Waals surface area contributed by atoms with Crippen LogP contribution >= 0.6 is 12.2 Å². The van der Waals surface area contributed by atoms with Gasteiger partial charge in [0, 0.05) is 6.04 Å². The summed E-state index contributed by atoms with van der Waals surface area (Å²) >= 11 is 4.65. The number of carbonyl (C=O) groups is 1. The molecule has 0 fully saturated rings. The summed E-state index contributed by atoms with van der Waals surface area (Å²) in [7, 11) is 0. The molecule has 14 heavy (non-hydrogen) atoms. The van der Waals surface area contributed by atoms with E-state index in [1.165, 1.54) is 12.8 Å². The minimum Gasteiger partial charge on any atom is -0.393 e. The first-order chi connectivity index (χ1) is 6.56. The number of rotatable bonds is 7. The second kappa shape index (κ2) is 7.74. The molecule has 0 saturated carbocycles. The van der Waals surface area contributed by atoms with Crippen LogP contribution in [-0.2, 0) is 4.79 Å². The first kappa shape index (κ1) is 13.4. The number of nitrogens with one attached hydrogen (secondary N) is 1. The monoisotopic (exact) mass is 216 g/mol. The third-order valence-electron chi connectivity index (χ3n) is 1.98. The van der Waals surface area contributed by atoms with Gasteiger partial charge in [0.15, 0.2) is 0 Å². The molecule has 1 atom stereocenters. The van der Waals surface area contributed by atoms with Crippen LogP contribution in [0.4, 0.5) is 0 Å². The lowest BCUT2D eigenvalue weighted by Crippen LogP contribution is -2.34. The lowest BCUT2D eigenvalue weighted by molar-refractivity contribution is -0.120. The van der Waals surface area contributed by atoms with Crippen molar-refractivity contribution in [1.29, 1.82) is 0 Å². The Morgan fingerprint density at radius 2 is 2.14 bits per heavy atom. The molecule has 0 spiro atoms. The Hall–Kier alpha value is -0.640. The summed E-state index contributed by atoms with van der Waals surface area (Å²) < 4.78 is 0. The Bertz CT molecular complexity index is 195. The SMILES string of the molecule is CCCCCC(C)NC(=O)CC(N)=S. The maximum absolute atomic E-state index is 11.2. The van der Waals surface area contributed by atoms with Crippen LogP contribution in [0.15, 0.2) is 0 Å². The fourth-order valence-corrected chi connectivity index (χ4v) is 1.39. The van der Waals surface area contributed by atoms with E-state index in [0.29, 0.717) is 0 Å². The van der Waals surface area contributed by atoms with E-state index in [1.807, 2.05) is 6.92 Å². The van der Waals surface area contributed by atoms with E-state index in [4.69, 9.17) is 5.73 Å². The van der Waals surface area contributed by atoms with E-state index in [2.05, 4.69) is 24.5 Å². The molecule has 3 nitrogen and oxygen atoms in total. The highest BCUT2D eigenvalue weighted by Crippen LogP contribution is 2.02. The topological polar surface area (TPSA) is 55.1 Å². The molecule has 0 aliphatic rings. The molecule has 1 unspecified atom stereocenters. The molecule has 0 aromatic heterocycles. The van der Waals surface area contributed by atoms with Crippen LogP contribution in [0.5, 0.6) is 0 Å². The summed E-state index contributed by atoms with van der Waals surface area (Å²) in [5.74, 6) is -0.0681. The highest BCUT2D eigenvalue weighted by molar-refractivity contribution is 7.80. The molecule has 0 saturated heterocycles.